The molecule has 0 saturated heterocycles. The predicted octanol–water partition coefficient (Wildman–Crippen LogP) is 2.92. The van der Waals surface area contributed by atoms with Crippen molar-refractivity contribution in [3.05, 3.63) is 22.8 Å². The van der Waals surface area contributed by atoms with Crippen molar-refractivity contribution < 1.29 is 14.7 Å². The van der Waals surface area contributed by atoms with Gasteiger partial charge in [0.05, 0.1) is 5.41 Å². The Labute approximate surface area is 120 Å². The maximum absolute atomic E-state index is 11.9. The maximum Gasteiger partial charge on any atom is 0.310 e. The van der Waals surface area contributed by atoms with E-state index in [4.69, 9.17) is 0 Å². The highest BCUT2D eigenvalue weighted by atomic mass is 79.9. The van der Waals surface area contributed by atoms with Crippen LogP contribution in [0, 0.1) is 11.3 Å². The van der Waals surface area contributed by atoms with Gasteiger partial charge in [0.2, 0.25) is 5.91 Å². The molecule has 0 spiro atoms. The Hall–Kier alpha value is -1.43. The van der Waals surface area contributed by atoms with Gasteiger partial charge in [0.25, 0.3) is 0 Å². The van der Waals surface area contributed by atoms with Gasteiger partial charge in [-0.2, -0.15) is 0 Å². The minimum Gasteiger partial charge on any atom is -0.481 e. The average Bonchev–Trinajstić information content (AvgIpc) is 2.31. The van der Waals surface area contributed by atoms with Gasteiger partial charge in [0.15, 0.2) is 0 Å². The first-order chi connectivity index (χ1) is 8.75. The standard InChI is InChI=1S/C13H17BrN2O3/c1-8(2)13(3,12(18)19)6-11(17)16-10-5-4-9(14)7-15-10/h4-5,7-8H,6H2,1-3H3,(H,18,19)(H,15,16,17). The molecule has 5 nitrogen and oxygen atoms in total. The largest absolute Gasteiger partial charge is 0.481 e. The first-order valence-corrected chi connectivity index (χ1v) is 6.70. The summed E-state index contributed by atoms with van der Waals surface area (Å²) in [6.45, 7) is 5.16. The van der Waals surface area contributed by atoms with E-state index < -0.39 is 11.4 Å². The molecule has 0 aliphatic heterocycles. The number of carbonyl (C=O) groups is 2. The van der Waals surface area contributed by atoms with Crippen molar-refractivity contribution >= 4 is 33.6 Å². The van der Waals surface area contributed by atoms with E-state index >= 15 is 0 Å². The highest BCUT2D eigenvalue weighted by Gasteiger charge is 2.38. The Balaban J connectivity index is 2.74. The Morgan fingerprint density at radius 3 is 2.53 bits per heavy atom. The summed E-state index contributed by atoms with van der Waals surface area (Å²) in [5.74, 6) is -1.06. The number of hydrogen-bond donors (Lipinski definition) is 2. The van der Waals surface area contributed by atoms with E-state index in [1.807, 2.05) is 0 Å². The summed E-state index contributed by atoms with van der Waals surface area (Å²) in [5, 5.41) is 11.9. The molecule has 19 heavy (non-hydrogen) atoms. The zero-order chi connectivity index (χ0) is 14.6. The minimum absolute atomic E-state index is 0.0856. The lowest BCUT2D eigenvalue weighted by Gasteiger charge is -2.28. The zero-order valence-corrected chi connectivity index (χ0v) is 12.7. The number of anilines is 1. The Morgan fingerprint density at radius 1 is 1.47 bits per heavy atom. The summed E-state index contributed by atoms with van der Waals surface area (Å²) < 4.78 is 0.808. The molecule has 1 amide bonds. The smallest absolute Gasteiger partial charge is 0.310 e. The van der Waals surface area contributed by atoms with Crippen LogP contribution in [0.2, 0.25) is 0 Å². The topological polar surface area (TPSA) is 79.3 Å². The van der Waals surface area contributed by atoms with Crippen LogP contribution in [-0.4, -0.2) is 22.0 Å². The molecule has 1 heterocycles. The monoisotopic (exact) mass is 328 g/mol. The number of nitrogens with zero attached hydrogens (tertiary/aromatic N) is 1. The highest BCUT2D eigenvalue weighted by Crippen LogP contribution is 2.31. The van der Waals surface area contributed by atoms with E-state index in [0.29, 0.717) is 5.82 Å². The lowest BCUT2D eigenvalue weighted by Crippen LogP contribution is -2.37. The number of rotatable bonds is 5. The number of nitrogens with one attached hydrogen (secondary N) is 1. The molecule has 1 unspecified atom stereocenters. The van der Waals surface area contributed by atoms with Crippen molar-refractivity contribution in [3.63, 3.8) is 0 Å². The molecule has 0 fully saturated rings. The molecule has 1 rings (SSSR count). The van der Waals surface area contributed by atoms with Crippen LogP contribution in [0.1, 0.15) is 27.2 Å². The summed E-state index contributed by atoms with van der Waals surface area (Å²) in [6.07, 6.45) is 1.48. The molecule has 1 atom stereocenters. The molecule has 0 radical (unpaired) electrons. The normalized spacial score (nSPS) is 13.9. The van der Waals surface area contributed by atoms with E-state index in [2.05, 4.69) is 26.2 Å². The van der Waals surface area contributed by atoms with E-state index in [1.165, 1.54) is 0 Å². The molecule has 0 bridgehead atoms. The van der Waals surface area contributed by atoms with Crippen molar-refractivity contribution in [3.8, 4) is 0 Å². The van der Waals surface area contributed by atoms with Gasteiger partial charge in [0, 0.05) is 17.1 Å². The maximum atomic E-state index is 11.9. The van der Waals surface area contributed by atoms with Gasteiger partial charge < -0.3 is 10.4 Å². The molecule has 2 N–H and O–H groups in total. The van der Waals surface area contributed by atoms with Gasteiger partial charge in [0.1, 0.15) is 5.82 Å². The minimum atomic E-state index is -1.08. The molecule has 0 saturated carbocycles. The lowest BCUT2D eigenvalue weighted by atomic mass is 9.76. The summed E-state index contributed by atoms with van der Waals surface area (Å²) in [7, 11) is 0. The predicted molar refractivity (Wildman–Crippen MR) is 75.8 cm³/mol. The quantitative estimate of drug-likeness (QED) is 0.870. The van der Waals surface area contributed by atoms with Crippen molar-refractivity contribution in [1.29, 1.82) is 0 Å². The number of carbonyl (C=O) groups excluding carboxylic acids is 1. The molecular formula is C13H17BrN2O3. The first-order valence-electron chi connectivity index (χ1n) is 5.90. The van der Waals surface area contributed by atoms with Crippen LogP contribution in [-0.2, 0) is 9.59 Å². The van der Waals surface area contributed by atoms with Crippen LogP contribution in [0.3, 0.4) is 0 Å². The van der Waals surface area contributed by atoms with Gasteiger partial charge in [-0.15, -0.1) is 0 Å². The zero-order valence-electron chi connectivity index (χ0n) is 11.1. The number of carboxylic acids is 1. The number of amides is 1. The second-order valence-electron chi connectivity index (χ2n) is 4.96. The molecule has 0 aliphatic rings. The Morgan fingerprint density at radius 2 is 2.11 bits per heavy atom. The number of aromatic nitrogens is 1. The molecule has 1 aromatic heterocycles. The number of hydrogen-bond acceptors (Lipinski definition) is 3. The van der Waals surface area contributed by atoms with Crippen LogP contribution in [0.15, 0.2) is 22.8 Å². The van der Waals surface area contributed by atoms with Gasteiger partial charge >= 0.3 is 5.97 Å². The number of halogens is 1. The Kier molecular flexibility index (Phi) is 5.05. The van der Waals surface area contributed by atoms with Crippen molar-refractivity contribution in [2.45, 2.75) is 27.2 Å². The number of carboxylic acid groups (broad SMARTS) is 1. The van der Waals surface area contributed by atoms with E-state index in [1.54, 1.807) is 39.1 Å². The van der Waals surface area contributed by atoms with E-state index in [-0.39, 0.29) is 18.2 Å². The third-order valence-corrected chi connectivity index (χ3v) is 3.75. The van der Waals surface area contributed by atoms with Crippen LogP contribution in [0.5, 0.6) is 0 Å². The second kappa shape index (κ2) is 6.14. The fourth-order valence-electron chi connectivity index (χ4n) is 1.50. The fraction of sp³-hybridized carbons (Fsp3) is 0.462. The third-order valence-electron chi connectivity index (χ3n) is 3.29. The molecule has 0 aliphatic carbocycles. The second-order valence-corrected chi connectivity index (χ2v) is 5.88. The lowest BCUT2D eigenvalue weighted by molar-refractivity contribution is -0.153. The summed E-state index contributed by atoms with van der Waals surface area (Å²) in [5.41, 5.74) is -1.08. The van der Waals surface area contributed by atoms with Crippen molar-refractivity contribution in [2.75, 3.05) is 5.32 Å². The van der Waals surface area contributed by atoms with Crippen LogP contribution >= 0.6 is 15.9 Å². The van der Waals surface area contributed by atoms with E-state index in [9.17, 15) is 14.7 Å². The van der Waals surface area contributed by atoms with E-state index in [0.717, 1.165) is 4.47 Å². The van der Waals surface area contributed by atoms with Crippen LogP contribution in [0.25, 0.3) is 0 Å². The number of pyridine rings is 1. The fourth-order valence-corrected chi connectivity index (χ4v) is 1.73. The molecule has 1 aromatic rings. The summed E-state index contributed by atoms with van der Waals surface area (Å²) in [4.78, 5) is 27.2. The third kappa shape index (κ3) is 4.02. The summed E-state index contributed by atoms with van der Waals surface area (Å²) in [6, 6.07) is 3.40. The van der Waals surface area contributed by atoms with Crippen molar-refractivity contribution in [2.24, 2.45) is 11.3 Å². The van der Waals surface area contributed by atoms with Gasteiger partial charge in [-0.25, -0.2) is 4.98 Å². The first kappa shape index (κ1) is 15.6. The molecule has 104 valence electrons. The van der Waals surface area contributed by atoms with Gasteiger partial charge in [-0.3, -0.25) is 9.59 Å². The van der Waals surface area contributed by atoms with Crippen LogP contribution < -0.4 is 5.32 Å². The summed E-state index contributed by atoms with van der Waals surface area (Å²) >= 11 is 3.25. The van der Waals surface area contributed by atoms with Gasteiger partial charge in [-0.05, 0) is 40.9 Å². The number of aliphatic carboxylic acids is 1. The Bertz CT molecular complexity index is 473. The molecular weight excluding hydrogens is 312 g/mol. The SMILES string of the molecule is CC(C)C(C)(CC(=O)Nc1ccc(Br)cn1)C(=O)O. The van der Waals surface area contributed by atoms with Crippen molar-refractivity contribution in [1.82, 2.24) is 4.98 Å². The van der Waals surface area contributed by atoms with Crippen LogP contribution in [0.4, 0.5) is 5.82 Å². The van der Waals surface area contributed by atoms with Gasteiger partial charge in [-0.1, -0.05) is 13.8 Å². The molecule has 0 aromatic carbocycles. The molecule has 6 heteroatoms. The average molecular weight is 329 g/mol. The highest BCUT2D eigenvalue weighted by molar-refractivity contribution is 9.10.